The van der Waals surface area contributed by atoms with Crippen LogP contribution in [-0.2, 0) is 0 Å². The molecule has 1 aromatic rings. The smallest absolute Gasteiger partial charge is 0.331 e. The van der Waals surface area contributed by atoms with E-state index in [1.165, 1.54) is 31.7 Å². The van der Waals surface area contributed by atoms with Crippen LogP contribution in [0.1, 0.15) is 77.2 Å². The first-order valence-corrected chi connectivity index (χ1v) is 10.8. The number of unbranched alkanes of at least 4 members (excludes halogenated alkanes) is 1. The molecule has 2 aliphatic carbocycles. The Balaban J connectivity index is 1.54. The van der Waals surface area contributed by atoms with E-state index in [0.717, 1.165) is 25.0 Å². The van der Waals surface area contributed by atoms with Crippen molar-refractivity contribution in [2.45, 2.75) is 77.2 Å². The Morgan fingerprint density at radius 3 is 2.61 bits per heavy atom. The molecule has 0 radical (unpaired) electrons. The number of amides is 2. The number of hydrazone groups is 1. The molecule has 0 saturated heterocycles. The maximum atomic E-state index is 14.4. The van der Waals surface area contributed by atoms with Gasteiger partial charge in [0.25, 0.3) is 0 Å². The van der Waals surface area contributed by atoms with Crippen LogP contribution < -0.4 is 5.32 Å². The zero-order valence-corrected chi connectivity index (χ0v) is 17.3. The van der Waals surface area contributed by atoms with Crippen molar-refractivity contribution in [3.8, 4) is 0 Å². The molecule has 2 atom stereocenters. The highest BCUT2D eigenvalue weighted by atomic mass is 19.1. The largest absolute Gasteiger partial charge is 0.338 e. The van der Waals surface area contributed by atoms with E-state index in [1.807, 2.05) is 12.1 Å². The standard InChI is InChI=1S/C23H32FN3O/c1-4-5-10-20-18(17-8-6-7-9-19(17)24)15-27(26-20)21(28)25-23(3)16-11-13-22(23,2)14-12-16/h6-9,16,18H,4-5,10-15H2,1-3H3,(H,25,28)/t16-,18?,22+,23-/m0/s1. The van der Waals surface area contributed by atoms with Gasteiger partial charge >= 0.3 is 6.03 Å². The maximum Gasteiger partial charge on any atom is 0.338 e. The van der Waals surface area contributed by atoms with Crippen LogP contribution in [0.2, 0.25) is 0 Å². The van der Waals surface area contributed by atoms with E-state index >= 15 is 0 Å². The first kappa shape index (κ1) is 19.4. The minimum absolute atomic E-state index is 0.129. The number of nitrogens with zero attached hydrogens (tertiary/aromatic N) is 2. The van der Waals surface area contributed by atoms with Gasteiger partial charge in [-0.25, -0.2) is 14.2 Å². The summed E-state index contributed by atoms with van der Waals surface area (Å²) in [6, 6.07) is 6.75. The van der Waals surface area contributed by atoms with Crippen molar-refractivity contribution in [3.63, 3.8) is 0 Å². The Morgan fingerprint density at radius 1 is 1.29 bits per heavy atom. The summed E-state index contributed by atoms with van der Waals surface area (Å²) in [7, 11) is 0. The highest BCUT2D eigenvalue weighted by molar-refractivity contribution is 5.94. The average molecular weight is 386 g/mol. The average Bonchev–Trinajstić information content (AvgIpc) is 3.28. The van der Waals surface area contributed by atoms with Crippen molar-refractivity contribution >= 4 is 11.7 Å². The summed E-state index contributed by atoms with van der Waals surface area (Å²) in [5, 5.41) is 9.56. The molecule has 4 rings (SSSR count). The van der Waals surface area contributed by atoms with Crippen LogP contribution in [0.5, 0.6) is 0 Å². The maximum absolute atomic E-state index is 14.4. The highest BCUT2D eigenvalue weighted by Gasteiger charge is 2.60. The molecule has 2 fully saturated rings. The second-order valence-corrected chi connectivity index (χ2v) is 9.32. The molecular formula is C23H32FN3O. The molecule has 2 bridgehead atoms. The van der Waals surface area contributed by atoms with Crippen molar-refractivity contribution < 1.29 is 9.18 Å². The number of benzene rings is 1. The van der Waals surface area contributed by atoms with Crippen molar-refractivity contribution in [1.29, 1.82) is 0 Å². The SMILES string of the molecule is CCCCC1=NN(C(=O)N[C@@]2(C)[C@H]3CC[C@]2(C)CC3)CC1c1ccccc1F. The molecule has 5 heteroatoms. The number of carbonyl (C=O) groups excluding carboxylic acids is 1. The van der Waals surface area contributed by atoms with Gasteiger partial charge in [0, 0.05) is 17.2 Å². The molecule has 1 heterocycles. The number of carbonyl (C=O) groups is 1. The van der Waals surface area contributed by atoms with Gasteiger partial charge < -0.3 is 5.32 Å². The molecule has 2 saturated carbocycles. The molecule has 1 N–H and O–H groups in total. The number of hydrogen-bond acceptors (Lipinski definition) is 2. The van der Waals surface area contributed by atoms with Crippen molar-refractivity contribution in [1.82, 2.24) is 10.3 Å². The minimum Gasteiger partial charge on any atom is -0.331 e. The molecule has 0 spiro atoms. The van der Waals surface area contributed by atoms with E-state index in [9.17, 15) is 9.18 Å². The zero-order chi connectivity index (χ0) is 19.9. The molecular weight excluding hydrogens is 353 g/mol. The van der Waals surface area contributed by atoms with E-state index in [4.69, 9.17) is 0 Å². The van der Waals surface area contributed by atoms with Crippen LogP contribution in [-0.4, -0.2) is 28.8 Å². The minimum atomic E-state index is -0.215. The molecule has 1 unspecified atom stereocenters. The first-order chi connectivity index (χ1) is 13.4. The summed E-state index contributed by atoms with van der Waals surface area (Å²) in [5.74, 6) is 0.185. The molecule has 1 aliphatic heterocycles. The van der Waals surface area contributed by atoms with Gasteiger partial charge in [0.2, 0.25) is 0 Å². The van der Waals surface area contributed by atoms with Crippen LogP contribution in [0.3, 0.4) is 0 Å². The second-order valence-electron chi connectivity index (χ2n) is 9.32. The zero-order valence-electron chi connectivity index (χ0n) is 17.3. The van der Waals surface area contributed by atoms with Gasteiger partial charge in [-0.05, 0) is 68.4 Å². The number of nitrogens with one attached hydrogen (secondary N) is 1. The quantitative estimate of drug-likeness (QED) is 0.720. The lowest BCUT2D eigenvalue weighted by Gasteiger charge is -2.39. The van der Waals surface area contributed by atoms with Crippen LogP contribution >= 0.6 is 0 Å². The number of fused-ring (bicyclic) bond motifs is 2. The molecule has 0 aromatic heterocycles. The third-order valence-corrected chi connectivity index (χ3v) is 7.83. The summed E-state index contributed by atoms with van der Waals surface area (Å²) < 4.78 is 14.4. The van der Waals surface area contributed by atoms with E-state index in [0.29, 0.717) is 18.0 Å². The van der Waals surface area contributed by atoms with Gasteiger partial charge in [0.05, 0.1) is 6.54 Å². The van der Waals surface area contributed by atoms with Crippen molar-refractivity contribution in [2.24, 2.45) is 16.4 Å². The fraction of sp³-hybridized carbons (Fsp3) is 0.652. The van der Waals surface area contributed by atoms with Crippen LogP contribution in [0, 0.1) is 17.2 Å². The molecule has 4 nitrogen and oxygen atoms in total. The van der Waals surface area contributed by atoms with E-state index in [-0.39, 0.29) is 28.7 Å². The van der Waals surface area contributed by atoms with Crippen LogP contribution in [0.15, 0.2) is 29.4 Å². The van der Waals surface area contributed by atoms with Gasteiger partial charge in [-0.2, -0.15) is 5.10 Å². The predicted molar refractivity (Wildman–Crippen MR) is 110 cm³/mol. The lowest BCUT2D eigenvalue weighted by atomic mass is 9.76. The fourth-order valence-electron chi connectivity index (χ4n) is 5.67. The molecule has 2 amide bonds. The van der Waals surface area contributed by atoms with Crippen molar-refractivity contribution in [3.05, 3.63) is 35.6 Å². The number of urea groups is 1. The van der Waals surface area contributed by atoms with E-state index < -0.39 is 0 Å². The number of hydrogen-bond donors (Lipinski definition) is 1. The molecule has 1 aromatic carbocycles. The summed E-state index contributed by atoms with van der Waals surface area (Å²) >= 11 is 0. The first-order valence-electron chi connectivity index (χ1n) is 10.8. The van der Waals surface area contributed by atoms with E-state index in [1.54, 1.807) is 11.1 Å². The third-order valence-electron chi connectivity index (χ3n) is 7.83. The van der Waals surface area contributed by atoms with Gasteiger partial charge in [0.1, 0.15) is 5.82 Å². The predicted octanol–water partition coefficient (Wildman–Crippen LogP) is 5.45. The monoisotopic (exact) mass is 385 g/mol. The summed E-state index contributed by atoms with van der Waals surface area (Å²) in [6.45, 7) is 7.07. The Hall–Kier alpha value is -1.91. The lowest BCUT2D eigenvalue weighted by molar-refractivity contribution is 0.148. The van der Waals surface area contributed by atoms with Gasteiger partial charge in [-0.1, -0.05) is 38.5 Å². The fourth-order valence-corrected chi connectivity index (χ4v) is 5.67. The molecule has 152 valence electrons. The Morgan fingerprint density at radius 2 is 2.00 bits per heavy atom. The number of halogens is 1. The van der Waals surface area contributed by atoms with E-state index in [2.05, 4.69) is 31.2 Å². The highest BCUT2D eigenvalue weighted by Crippen LogP contribution is 2.60. The molecule has 28 heavy (non-hydrogen) atoms. The second kappa shape index (κ2) is 7.16. The van der Waals surface area contributed by atoms with Crippen LogP contribution in [0.25, 0.3) is 0 Å². The Bertz CT molecular complexity index is 784. The third kappa shape index (κ3) is 3.03. The van der Waals surface area contributed by atoms with Crippen molar-refractivity contribution in [2.75, 3.05) is 6.54 Å². The topological polar surface area (TPSA) is 44.7 Å². The van der Waals surface area contributed by atoms with Crippen LogP contribution in [0.4, 0.5) is 9.18 Å². The van der Waals surface area contributed by atoms with Gasteiger partial charge in [0.15, 0.2) is 0 Å². The lowest BCUT2D eigenvalue weighted by Crippen LogP contribution is -2.56. The van der Waals surface area contributed by atoms with Gasteiger partial charge in [-0.15, -0.1) is 0 Å². The summed E-state index contributed by atoms with van der Waals surface area (Å²) in [4.78, 5) is 13.2. The molecule has 3 aliphatic rings. The Kier molecular flexibility index (Phi) is 4.96. The summed E-state index contributed by atoms with van der Waals surface area (Å²) in [6.07, 6.45) is 7.59. The van der Waals surface area contributed by atoms with Gasteiger partial charge in [-0.3, -0.25) is 0 Å². The Labute approximate surface area is 167 Å². The normalized spacial score (nSPS) is 34.0. The number of rotatable bonds is 5. The summed E-state index contributed by atoms with van der Waals surface area (Å²) in [5.41, 5.74) is 1.58.